The summed E-state index contributed by atoms with van der Waals surface area (Å²) in [6, 6.07) is -5.36. The van der Waals surface area contributed by atoms with E-state index in [2.05, 4.69) is 25.9 Å². The number of imidazole rings is 1. The largest absolute Gasteiger partial charge is 0.481 e. The molecule has 15 nitrogen and oxygen atoms in total. The lowest BCUT2D eigenvalue weighted by atomic mass is 10.1. The topological polar surface area (TPSA) is 260 Å². The molecule has 0 aromatic carbocycles. The molecule has 1 rings (SSSR count). The second-order valence-electron chi connectivity index (χ2n) is 7.79. The first kappa shape index (κ1) is 30.4. The Labute approximate surface area is 210 Å². The number of hydrogen-bond acceptors (Lipinski definition) is 9. The zero-order valence-corrected chi connectivity index (χ0v) is 20.4. The number of H-pyrrole nitrogens is 1. The molecule has 0 saturated carbocycles. The molecule has 16 heteroatoms. The van der Waals surface area contributed by atoms with E-state index in [0.717, 1.165) is 0 Å². The van der Waals surface area contributed by atoms with E-state index < -0.39 is 66.2 Å². The van der Waals surface area contributed by atoms with Gasteiger partial charge in [0, 0.05) is 24.7 Å². The molecule has 4 atom stereocenters. The van der Waals surface area contributed by atoms with Gasteiger partial charge in [-0.15, -0.1) is 0 Å². The third-order valence-electron chi connectivity index (χ3n) is 4.88. The Morgan fingerprint density at radius 1 is 1.00 bits per heavy atom. The smallest absolute Gasteiger partial charge is 0.326 e. The number of aliphatic carboxylic acids is 2. The number of nitrogens with two attached hydrogens (primary N) is 2. The van der Waals surface area contributed by atoms with E-state index in [9.17, 15) is 39.0 Å². The molecule has 0 fully saturated rings. The molecule has 4 amide bonds. The van der Waals surface area contributed by atoms with Crippen molar-refractivity contribution in [1.82, 2.24) is 25.9 Å². The molecule has 0 aliphatic rings. The van der Waals surface area contributed by atoms with Gasteiger partial charge in [0.2, 0.25) is 23.6 Å². The molecule has 1 heterocycles. The minimum Gasteiger partial charge on any atom is -0.481 e. The Balaban J connectivity index is 2.93. The minimum absolute atomic E-state index is 0.120. The summed E-state index contributed by atoms with van der Waals surface area (Å²) in [5, 5.41) is 25.3. The van der Waals surface area contributed by atoms with Gasteiger partial charge < -0.3 is 42.6 Å². The van der Waals surface area contributed by atoms with E-state index >= 15 is 0 Å². The van der Waals surface area contributed by atoms with Gasteiger partial charge in [-0.1, -0.05) is 0 Å². The highest BCUT2D eigenvalue weighted by molar-refractivity contribution is 7.98. The average Bonchev–Trinajstić information content (AvgIpc) is 3.30. The first-order valence-corrected chi connectivity index (χ1v) is 12.2. The van der Waals surface area contributed by atoms with Crippen molar-refractivity contribution in [2.24, 2.45) is 11.5 Å². The van der Waals surface area contributed by atoms with E-state index in [1.165, 1.54) is 24.3 Å². The van der Waals surface area contributed by atoms with Gasteiger partial charge in [-0.25, -0.2) is 9.78 Å². The average molecular weight is 530 g/mol. The summed E-state index contributed by atoms with van der Waals surface area (Å²) in [6.45, 7) is 0. The molecule has 200 valence electrons. The zero-order chi connectivity index (χ0) is 27.3. The Hall–Kier alpha value is -3.66. The fourth-order valence-electron chi connectivity index (χ4n) is 2.98. The van der Waals surface area contributed by atoms with Crippen LogP contribution in [0.5, 0.6) is 0 Å². The van der Waals surface area contributed by atoms with Crippen LogP contribution in [0.4, 0.5) is 0 Å². The predicted octanol–water partition coefficient (Wildman–Crippen LogP) is -2.69. The van der Waals surface area contributed by atoms with E-state index in [1.54, 1.807) is 6.26 Å². The Morgan fingerprint density at radius 3 is 2.14 bits per heavy atom. The number of carbonyl (C=O) groups is 6. The molecule has 0 aliphatic heterocycles. The van der Waals surface area contributed by atoms with Gasteiger partial charge in [-0.05, 0) is 24.9 Å². The van der Waals surface area contributed by atoms with Crippen molar-refractivity contribution in [1.29, 1.82) is 0 Å². The molecule has 10 N–H and O–H groups in total. The van der Waals surface area contributed by atoms with Gasteiger partial charge >= 0.3 is 11.9 Å². The Kier molecular flexibility index (Phi) is 13.0. The summed E-state index contributed by atoms with van der Waals surface area (Å²) >= 11 is 1.39. The van der Waals surface area contributed by atoms with E-state index in [-0.39, 0.29) is 25.7 Å². The van der Waals surface area contributed by atoms with Crippen molar-refractivity contribution < 1.29 is 39.0 Å². The molecule has 0 radical (unpaired) electrons. The van der Waals surface area contributed by atoms with Crippen LogP contribution in [0.2, 0.25) is 0 Å². The van der Waals surface area contributed by atoms with Crippen LogP contribution in [0.3, 0.4) is 0 Å². The molecular weight excluding hydrogens is 498 g/mol. The Morgan fingerprint density at radius 2 is 1.61 bits per heavy atom. The summed E-state index contributed by atoms with van der Waals surface area (Å²) in [5.74, 6) is -5.85. The van der Waals surface area contributed by atoms with Gasteiger partial charge in [0.1, 0.15) is 18.1 Å². The van der Waals surface area contributed by atoms with Crippen molar-refractivity contribution in [2.45, 2.75) is 56.3 Å². The lowest BCUT2D eigenvalue weighted by Gasteiger charge is -2.24. The molecule has 4 unspecified atom stereocenters. The lowest BCUT2D eigenvalue weighted by molar-refractivity contribution is -0.143. The van der Waals surface area contributed by atoms with Gasteiger partial charge in [-0.2, -0.15) is 11.8 Å². The maximum atomic E-state index is 12.9. The summed E-state index contributed by atoms with van der Waals surface area (Å²) in [4.78, 5) is 78.4. The zero-order valence-electron chi connectivity index (χ0n) is 19.6. The highest BCUT2D eigenvalue weighted by Crippen LogP contribution is 2.06. The molecule has 1 aromatic rings. The summed E-state index contributed by atoms with van der Waals surface area (Å²) in [7, 11) is 0. The fourth-order valence-corrected chi connectivity index (χ4v) is 3.45. The molecular formula is C20H31N7O8S. The Bertz CT molecular complexity index is 927. The highest BCUT2D eigenvalue weighted by Gasteiger charge is 2.31. The number of aromatic amines is 1. The maximum Gasteiger partial charge on any atom is 0.326 e. The number of amides is 4. The van der Waals surface area contributed by atoms with Crippen molar-refractivity contribution in [3.05, 3.63) is 18.2 Å². The summed E-state index contributed by atoms with van der Waals surface area (Å²) in [5.41, 5.74) is 11.5. The second kappa shape index (κ2) is 15.4. The third-order valence-corrected chi connectivity index (χ3v) is 5.52. The number of carboxylic acid groups (broad SMARTS) is 2. The fraction of sp³-hybridized carbons (Fsp3) is 0.550. The van der Waals surface area contributed by atoms with Crippen molar-refractivity contribution in [3.63, 3.8) is 0 Å². The molecule has 0 aliphatic carbocycles. The minimum atomic E-state index is -1.65. The standard InChI is InChI=1S/C20H31N7O8S/c1-36-5-4-12(25-17(31)11(21)6-10-8-23-9-24-10)18(32)27-14(7-16(29)30)19(33)26-13(20(34)35)2-3-15(22)28/h8-9,11-14H,2-7,21H2,1H3,(H2,22,28)(H,23,24)(H,25,31)(H,26,33)(H,27,32)(H,29,30)(H,34,35). The number of carboxylic acids is 2. The SMILES string of the molecule is CSCCC(NC(=O)C(N)Cc1cnc[nH]1)C(=O)NC(CC(=O)O)C(=O)NC(CCC(N)=O)C(=O)O. The molecule has 0 bridgehead atoms. The number of nitrogens with one attached hydrogen (secondary N) is 4. The van der Waals surface area contributed by atoms with Gasteiger partial charge in [0.05, 0.1) is 18.8 Å². The van der Waals surface area contributed by atoms with Crippen molar-refractivity contribution in [3.8, 4) is 0 Å². The molecule has 0 saturated heterocycles. The monoisotopic (exact) mass is 529 g/mol. The van der Waals surface area contributed by atoms with Crippen LogP contribution in [0.15, 0.2) is 12.5 Å². The van der Waals surface area contributed by atoms with Crippen LogP contribution in [0.1, 0.15) is 31.4 Å². The van der Waals surface area contributed by atoms with Crippen LogP contribution in [0, 0.1) is 0 Å². The van der Waals surface area contributed by atoms with Crippen LogP contribution in [-0.2, 0) is 35.2 Å². The molecule has 36 heavy (non-hydrogen) atoms. The highest BCUT2D eigenvalue weighted by atomic mass is 32.2. The number of primary amides is 1. The lowest BCUT2D eigenvalue weighted by Crippen LogP contribution is -2.57. The van der Waals surface area contributed by atoms with E-state index in [4.69, 9.17) is 11.5 Å². The van der Waals surface area contributed by atoms with E-state index in [1.807, 2.05) is 0 Å². The van der Waals surface area contributed by atoms with Crippen molar-refractivity contribution >= 4 is 47.3 Å². The number of rotatable bonds is 17. The van der Waals surface area contributed by atoms with Gasteiger partial charge in [0.15, 0.2) is 0 Å². The number of thioether (sulfide) groups is 1. The van der Waals surface area contributed by atoms with Gasteiger partial charge in [0.25, 0.3) is 0 Å². The van der Waals surface area contributed by atoms with Crippen molar-refractivity contribution in [2.75, 3.05) is 12.0 Å². The molecule has 1 aromatic heterocycles. The van der Waals surface area contributed by atoms with Gasteiger partial charge in [-0.3, -0.25) is 24.0 Å². The first-order chi connectivity index (χ1) is 16.9. The third kappa shape index (κ3) is 11.2. The van der Waals surface area contributed by atoms with Crippen LogP contribution in [-0.4, -0.2) is 91.9 Å². The number of aromatic nitrogens is 2. The number of hydrogen-bond donors (Lipinski definition) is 8. The maximum absolute atomic E-state index is 12.9. The predicted molar refractivity (Wildman–Crippen MR) is 127 cm³/mol. The van der Waals surface area contributed by atoms with Crippen LogP contribution >= 0.6 is 11.8 Å². The number of carbonyl (C=O) groups excluding carboxylic acids is 4. The molecule has 0 spiro atoms. The first-order valence-electron chi connectivity index (χ1n) is 10.8. The second-order valence-corrected chi connectivity index (χ2v) is 8.78. The van der Waals surface area contributed by atoms with E-state index in [0.29, 0.717) is 11.4 Å². The normalized spacial score (nSPS) is 14.1. The van der Waals surface area contributed by atoms with Crippen LogP contribution in [0.25, 0.3) is 0 Å². The summed E-state index contributed by atoms with van der Waals surface area (Å²) < 4.78 is 0. The quantitative estimate of drug-likeness (QED) is 0.103. The van der Waals surface area contributed by atoms with Crippen LogP contribution < -0.4 is 27.4 Å². The summed E-state index contributed by atoms with van der Waals surface area (Å²) in [6.07, 6.45) is 3.43. The number of nitrogens with zero attached hydrogens (tertiary/aromatic N) is 1.